The molecule has 3 heterocycles. The molecule has 1 aromatic heterocycles. The Bertz CT molecular complexity index is 2540. The smallest absolute Gasteiger partial charge is 0.180 e. The molecule has 0 radical (unpaired) electrons. The van der Waals surface area contributed by atoms with E-state index in [1.807, 2.05) is 24.4 Å². The first-order valence-electron chi connectivity index (χ1n) is 18.9. The van der Waals surface area contributed by atoms with E-state index in [1.54, 1.807) is 0 Å². The van der Waals surface area contributed by atoms with Crippen LogP contribution in [0.15, 0.2) is 140 Å². The molecule has 0 amide bonds. The van der Waals surface area contributed by atoms with Crippen molar-refractivity contribution in [2.75, 3.05) is 14.7 Å². The fourth-order valence-corrected chi connectivity index (χ4v) is 8.21. The molecule has 0 saturated heterocycles. The van der Waals surface area contributed by atoms with Crippen molar-refractivity contribution in [1.82, 2.24) is 4.98 Å². The molecule has 0 bridgehead atoms. The van der Waals surface area contributed by atoms with E-state index in [9.17, 15) is 0 Å². The average molecular weight is 909 g/mol. The van der Waals surface area contributed by atoms with Crippen molar-refractivity contribution in [1.29, 1.82) is 0 Å². The molecule has 0 spiro atoms. The molecule has 56 heavy (non-hydrogen) atoms. The molecule has 7 aromatic rings. The minimum absolute atomic E-state index is 0. The van der Waals surface area contributed by atoms with E-state index in [2.05, 4.69) is 190 Å². The standard InChI is InChI=1S/C49H42BN4O.Pt/c1-33-27-34(2)48(35(3)28-33)53-32-52(44-21-12-13-22-45(44)53)38-17-14-18-39(30-38)55-40-23-24-42-46(31-40)54(47-29-36(25-26-51-47)49(4,5)6)43-20-11-10-19-41(43)50(42)37-15-8-7-9-16-37;/h7-29,32H,1-6H3;/q-3;. The second kappa shape index (κ2) is 14.8. The zero-order valence-corrected chi connectivity index (χ0v) is 34.7. The maximum atomic E-state index is 6.67. The fraction of sp³-hybridized carbons (Fsp3) is 0.143. The molecule has 2 aliphatic heterocycles. The minimum atomic E-state index is -0.0416. The number of rotatable bonds is 6. The molecule has 0 atom stereocenters. The molecule has 0 aliphatic carbocycles. The Balaban J connectivity index is 0.00000441. The van der Waals surface area contributed by atoms with Gasteiger partial charge in [-0.1, -0.05) is 116 Å². The van der Waals surface area contributed by atoms with Gasteiger partial charge in [-0.2, -0.15) is 12.1 Å². The molecule has 0 saturated carbocycles. The van der Waals surface area contributed by atoms with Crippen molar-refractivity contribution in [3.63, 3.8) is 0 Å². The number of hydrogen-bond donors (Lipinski definition) is 0. The Morgan fingerprint density at radius 1 is 0.643 bits per heavy atom. The van der Waals surface area contributed by atoms with Crippen molar-refractivity contribution in [3.8, 4) is 11.5 Å². The van der Waals surface area contributed by atoms with Gasteiger partial charge in [-0.15, -0.1) is 48.2 Å². The topological polar surface area (TPSA) is 31.8 Å². The van der Waals surface area contributed by atoms with E-state index in [4.69, 9.17) is 9.72 Å². The summed E-state index contributed by atoms with van der Waals surface area (Å²) in [5.74, 6) is 2.06. The third-order valence-corrected chi connectivity index (χ3v) is 10.7. The number of para-hydroxylation sites is 3. The summed E-state index contributed by atoms with van der Waals surface area (Å²) in [6.07, 6.45) is 1.92. The third-order valence-electron chi connectivity index (χ3n) is 10.7. The molecule has 0 N–H and O–H groups in total. The predicted molar refractivity (Wildman–Crippen MR) is 229 cm³/mol. The summed E-state index contributed by atoms with van der Waals surface area (Å²) in [7, 11) is 0. The molecule has 280 valence electrons. The SMILES string of the molecule is Cc1cc(C)c(N2[CH-]N(c3[c-]c(Oc4[c-]c5c(cc4)B(c4ccccc4)c4ccccc4N5c4cc(C(C)(C)C)ccn4)ccc3)c3ccccc32)c(C)c1.[Pt]. The van der Waals surface area contributed by atoms with Crippen LogP contribution >= 0.6 is 0 Å². The van der Waals surface area contributed by atoms with Crippen molar-refractivity contribution < 1.29 is 25.8 Å². The number of ether oxygens (including phenoxy) is 1. The van der Waals surface area contributed by atoms with Crippen LogP contribution in [0.3, 0.4) is 0 Å². The Kier molecular flexibility index (Phi) is 9.89. The Labute approximate surface area is 346 Å². The summed E-state index contributed by atoms with van der Waals surface area (Å²) < 4.78 is 6.67. The maximum Gasteiger partial charge on any atom is 0.180 e. The summed E-state index contributed by atoms with van der Waals surface area (Å²) in [6, 6.07) is 54.2. The third kappa shape index (κ3) is 6.71. The first-order valence-corrected chi connectivity index (χ1v) is 18.9. The van der Waals surface area contributed by atoms with Gasteiger partial charge in [0.2, 0.25) is 0 Å². The van der Waals surface area contributed by atoms with Crippen molar-refractivity contribution in [2.45, 2.75) is 47.0 Å². The van der Waals surface area contributed by atoms with Crippen LogP contribution in [0, 0.1) is 39.6 Å². The van der Waals surface area contributed by atoms with Crippen LogP contribution in [0.2, 0.25) is 0 Å². The van der Waals surface area contributed by atoms with Crippen LogP contribution in [-0.2, 0) is 26.5 Å². The van der Waals surface area contributed by atoms with E-state index in [0.717, 1.165) is 39.7 Å². The Morgan fingerprint density at radius 2 is 1.30 bits per heavy atom. The molecule has 7 heteroatoms. The Hall–Kier alpha value is -5.58. The quantitative estimate of drug-likeness (QED) is 0.123. The van der Waals surface area contributed by atoms with Crippen LogP contribution in [0.25, 0.3) is 0 Å². The number of hydrogen-bond acceptors (Lipinski definition) is 5. The van der Waals surface area contributed by atoms with Gasteiger partial charge in [-0.3, -0.25) is 0 Å². The first kappa shape index (κ1) is 37.4. The van der Waals surface area contributed by atoms with Crippen LogP contribution in [0.1, 0.15) is 43.0 Å². The largest absolute Gasteiger partial charge is 0.509 e. The van der Waals surface area contributed by atoms with Crippen molar-refractivity contribution in [3.05, 3.63) is 181 Å². The fourth-order valence-electron chi connectivity index (χ4n) is 8.21. The number of pyridine rings is 1. The summed E-state index contributed by atoms with van der Waals surface area (Å²) in [4.78, 5) is 11.7. The van der Waals surface area contributed by atoms with Gasteiger partial charge in [0, 0.05) is 61.5 Å². The zero-order chi connectivity index (χ0) is 37.8. The van der Waals surface area contributed by atoms with E-state index in [-0.39, 0.29) is 33.2 Å². The Morgan fingerprint density at radius 3 is 2.04 bits per heavy atom. The molecule has 6 aromatic carbocycles. The zero-order valence-electron chi connectivity index (χ0n) is 32.4. The minimum Gasteiger partial charge on any atom is -0.509 e. The average Bonchev–Trinajstić information content (AvgIpc) is 3.56. The molecule has 0 unspecified atom stereocenters. The van der Waals surface area contributed by atoms with Gasteiger partial charge in [-0.25, -0.2) is 4.98 Å². The van der Waals surface area contributed by atoms with E-state index >= 15 is 0 Å². The van der Waals surface area contributed by atoms with Gasteiger partial charge in [-0.05, 0) is 73.2 Å². The number of anilines is 7. The molecule has 5 nitrogen and oxygen atoms in total. The van der Waals surface area contributed by atoms with Crippen molar-refractivity contribution in [2.24, 2.45) is 0 Å². The molecule has 2 aliphatic rings. The number of nitrogens with zero attached hydrogens (tertiary/aromatic N) is 4. The molecule has 0 fully saturated rings. The van der Waals surface area contributed by atoms with Gasteiger partial charge >= 0.3 is 0 Å². The molecule has 9 rings (SSSR count). The van der Waals surface area contributed by atoms with E-state index in [0.29, 0.717) is 11.5 Å². The maximum absolute atomic E-state index is 6.67. The summed E-state index contributed by atoms with van der Waals surface area (Å²) in [5, 5.41) is 0. The van der Waals surface area contributed by atoms with E-state index < -0.39 is 0 Å². The normalized spacial score (nSPS) is 13.2. The van der Waals surface area contributed by atoms with Gasteiger partial charge in [0.1, 0.15) is 5.82 Å². The number of benzene rings is 6. The number of aromatic nitrogens is 1. The van der Waals surface area contributed by atoms with E-state index in [1.165, 1.54) is 38.9 Å². The monoisotopic (exact) mass is 908 g/mol. The van der Waals surface area contributed by atoms with Gasteiger partial charge < -0.3 is 19.4 Å². The summed E-state index contributed by atoms with van der Waals surface area (Å²) >= 11 is 0. The predicted octanol–water partition coefficient (Wildman–Crippen LogP) is 10.4. The van der Waals surface area contributed by atoms with Gasteiger partial charge in [0.25, 0.3) is 0 Å². The molecular weight excluding hydrogens is 866 g/mol. The van der Waals surface area contributed by atoms with Crippen molar-refractivity contribution >= 4 is 63.0 Å². The van der Waals surface area contributed by atoms with Crippen LogP contribution in [0.5, 0.6) is 11.5 Å². The van der Waals surface area contributed by atoms with Crippen LogP contribution in [0.4, 0.5) is 39.9 Å². The van der Waals surface area contributed by atoms with Crippen LogP contribution < -0.4 is 35.8 Å². The summed E-state index contributed by atoms with van der Waals surface area (Å²) in [5.41, 5.74) is 14.8. The first-order chi connectivity index (χ1) is 26.6. The second-order valence-electron chi connectivity index (χ2n) is 15.6. The van der Waals surface area contributed by atoms with Gasteiger partial charge in [0.15, 0.2) is 6.71 Å². The summed E-state index contributed by atoms with van der Waals surface area (Å²) in [6.45, 7) is 15.4. The number of fused-ring (bicyclic) bond motifs is 3. The van der Waals surface area contributed by atoms with Gasteiger partial charge in [0.05, 0.1) is 0 Å². The van der Waals surface area contributed by atoms with Crippen LogP contribution in [-0.4, -0.2) is 11.7 Å². The molecular formula is C49H42BN4OPt-3. The number of aryl methyl sites for hydroxylation is 3. The second-order valence-corrected chi connectivity index (χ2v) is 15.6.